The molecule has 6 heteroatoms. The third kappa shape index (κ3) is 4.53. The van der Waals surface area contributed by atoms with Crippen LogP contribution in [0.2, 0.25) is 5.02 Å². The summed E-state index contributed by atoms with van der Waals surface area (Å²) in [5.41, 5.74) is 3.64. The zero-order valence-electron chi connectivity index (χ0n) is 16.8. The Kier molecular flexibility index (Phi) is 6.68. The molecule has 2 unspecified atom stereocenters. The standard InChI is InChI=1S/C22H27ClN2O2S/c1-14-11-15-5-6-16(23)12-19(15)18(14)9-10-25(2)22(28)24-20-8-7-17(26-3)13-21(20)27-4/h5-8,12-14,18H,9-11H2,1-4H3,(H,24,28). The van der Waals surface area contributed by atoms with E-state index < -0.39 is 0 Å². The summed E-state index contributed by atoms with van der Waals surface area (Å²) in [4.78, 5) is 2.08. The van der Waals surface area contributed by atoms with E-state index in [9.17, 15) is 0 Å². The average Bonchev–Trinajstić information content (AvgIpc) is 3.00. The Morgan fingerprint density at radius 1 is 1.21 bits per heavy atom. The molecule has 1 aliphatic rings. The number of halogens is 1. The molecule has 3 rings (SSSR count). The van der Waals surface area contributed by atoms with Crippen molar-refractivity contribution in [1.29, 1.82) is 0 Å². The quantitative estimate of drug-likeness (QED) is 0.639. The molecule has 0 heterocycles. The molecule has 2 aromatic rings. The summed E-state index contributed by atoms with van der Waals surface area (Å²) in [6, 6.07) is 11.9. The van der Waals surface area contributed by atoms with Gasteiger partial charge in [-0.2, -0.15) is 0 Å². The number of hydrogen-bond donors (Lipinski definition) is 1. The summed E-state index contributed by atoms with van der Waals surface area (Å²) in [5, 5.41) is 4.76. The number of anilines is 1. The molecule has 0 saturated carbocycles. The van der Waals surface area contributed by atoms with Crippen LogP contribution in [0, 0.1) is 5.92 Å². The van der Waals surface area contributed by atoms with Crippen LogP contribution in [0.1, 0.15) is 30.4 Å². The summed E-state index contributed by atoms with van der Waals surface area (Å²) in [6.45, 7) is 3.18. The molecule has 150 valence electrons. The van der Waals surface area contributed by atoms with E-state index in [-0.39, 0.29) is 0 Å². The van der Waals surface area contributed by atoms with Gasteiger partial charge in [-0.15, -0.1) is 0 Å². The lowest BCUT2D eigenvalue weighted by atomic mass is 9.91. The summed E-state index contributed by atoms with van der Waals surface area (Å²) in [5.74, 6) is 2.57. The van der Waals surface area contributed by atoms with Crippen LogP contribution in [0.15, 0.2) is 36.4 Å². The molecule has 2 atom stereocenters. The van der Waals surface area contributed by atoms with Crippen LogP contribution in [-0.2, 0) is 6.42 Å². The maximum atomic E-state index is 6.23. The second-order valence-electron chi connectivity index (χ2n) is 7.34. The molecular formula is C22H27ClN2O2S. The lowest BCUT2D eigenvalue weighted by Crippen LogP contribution is -2.33. The molecule has 0 radical (unpaired) electrons. The molecule has 0 bridgehead atoms. The fourth-order valence-corrected chi connectivity index (χ4v) is 4.26. The van der Waals surface area contributed by atoms with Gasteiger partial charge in [-0.05, 0) is 72.3 Å². The van der Waals surface area contributed by atoms with Crippen molar-refractivity contribution in [2.45, 2.75) is 25.7 Å². The average molecular weight is 419 g/mol. The highest BCUT2D eigenvalue weighted by atomic mass is 35.5. The zero-order valence-corrected chi connectivity index (χ0v) is 18.4. The van der Waals surface area contributed by atoms with Crippen molar-refractivity contribution in [2.24, 2.45) is 5.92 Å². The number of methoxy groups -OCH3 is 2. The van der Waals surface area contributed by atoms with Crippen LogP contribution in [0.25, 0.3) is 0 Å². The Labute approximate surface area is 177 Å². The summed E-state index contributed by atoms with van der Waals surface area (Å²) < 4.78 is 10.7. The Morgan fingerprint density at radius 2 is 2.00 bits per heavy atom. The van der Waals surface area contributed by atoms with Crippen molar-refractivity contribution in [1.82, 2.24) is 4.90 Å². The van der Waals surface area contributed by atoms with Crippen molar-refractivity contribution in [2.75, 3.05) is 33.1 Å². The van der Waals surface area contributed by atoms with E-state index in [1.807, 2.05) is 31.3 Å². The molecule has 0 fully saturated rings. The predicted molar refractivity (Wildman–Crippen MR) is 120 cm³/mol. The predicted octanol–water partition coefficient (Wildman–Crippen LogP) is 5.35. The number of hydrogen-bond acceptors (Lipinski definition) is 3. The first-order valence-corrected chi connectivity index (χ1v) is 10.2. The number of nitrogens with zero attached hydrogens (tertiary/aromatic N) is 1. The number of benzene rings is 2. The van der Waals surface area contributed by atoms with E-state index in [0.717, 1.165) is 35.8 Å². The van der Waals surface area contributed by atoms with Gasteiger partial charge in [0.1, 0.15) is 11.5 Å². The molecule has 28 heavy (non-hydrogen) atoms. The SMILES string of the molecule is COc1ccc(NC(=S)N(C)CCC2c3cc(Cl)ccc3CC2C)c(OC)c1. The van der Waals surface area contributed by atoms with Crippen molar-refractivity contribution >= 4 is 34.6 Å². The monoisotopic (exact) mass is 418 g/mol. The van der Waals surface area contributed by atoms with E-state index in [1.165, 1.54) is 11.1 Å². The smallest absolute Gasteiger partial charge is 0.173 e. The molecule has 1 N–H and O–H groups in total. The van der Waals surface area contributed by atoms with Gasteiger partial charge >= 0.3 is 0 Å². The first-order valence-electron chi connectivity index (χ1n) is 9.45. The highest BCUT2D eigenvalue weighted by Crippen LogP contribution is 2.41. The highest BCUT2D eigenvalue weighted by molar-refractivity contribution is 7.80. The summed E-state index contributed by atoms with van der Waals surface area (Å²) >= 11 is 11.8. The van der Waals surface area contributed by atoms with Gasteiger partial charge in [0, 0.05) is 24.7 Å². The van der Waals surface area contributed by atoms with Gasteiger partial charge in [-0.25, -0.2) is 0 Å². The third-order valence-corrected chi connectivity index (χ3v) is 6.16. The fourth-order valence-electron chi connectivity index (χ4n) is 3.88. The van der Waals surface area contributed by atoms with Crippen molar-refractivity contribution < 1.29 is 9.47 Å². The Balaban J connectivity index is 1.62. The minimum Gasteiger partial charge on any atom is -0.497 e. The maximum absolute atomic E-state index is 6.23. The lowest BCUT2D eigenvalue weighted by Gasteiger charge is -2.25. The maximum Gasteiger partial charge on any atom is 0.173 e. The topological polar surface area (TPSA) is 33.7 Å². The van der Waals surface area contributed by atoms with E-state index in [2.05, 4.69) is 29.3 Å². The van der Waals surface area contributed by atoms with E-state index in [1.54, 1.807) is 14.2 Å². The van der Waals surface area contributed by atoms with Gasteiger partial charge in [0.2, 0.25) is 0 Å². The first-order chi connectivity index (χ1) is 13.4. The zero-order chi connectivity index (χ0) is 20.3. The van der Waals surface area contributed by atoms with E-state index in [4.69, 9.17) is 33.3 Å². The Morgan fingerprint density at radius 3 is 2.71 bits per heavy atom. The Hall–Kier alpha value is -1.98. The molecule has 2 aromatic carbocycles. The highest BCUT2D eigenvalue weighted by Gasteiger charge is 2.29. The summed E-state index contributed by atoms with van der Waals surface area (Å²) in [7, 11) is 5.29. The van der Waals surface area contributed by atoms with Gasteiger partial charge < -0.3 is 19.7 Å². The molecular weight excluding hydrogens is 392 g/mol. The summed E-state index contributed by atoms with van der Waals surface area (Å²) in [6.07, 6.45) is 2.15. The molecule has 0 amide bonds. The molecule has 0 aliphatic heterocycles. The Bertz CT molecular complexity index is 858. The van der Waals surface area contributed by atoms with Crippen LogP contribution < -0.4 is 14.8 Å². The van der Waals surface area contributed by atoms with Gasteiger partial charge in [-0.3, -0.25) is 0 Å². The van der Waals surface area contributed by atoms with Crippen LogP contribution in [-0.4, -0.2) is 37.8 Å². The van der Waals surface area contributed by atoms with Crippen LogP contribution in [0.5, 0.6) is 11.5 Å². The van der Waals surface area contributed by atoms with Crippen molar-refractivity contribution in [3.05, 3.63) is 52.5 Å². The minimum absolute atomic E-state index is 0.509. The van der Waals surface area contributed by atoms with E-state index in [0.29, 0.717) is 22.7 Å². The van der Waals surface area contributed by atoms with Gasteiger partial charge in [0.15, 0.2) is 5.11 Å². The molecule has 4 nitrogen and oxygen atoms in total. The molecule has 0 spiro atoms. The van der Waals surface area contributed by atoms with E-state index >= 15 is 0 Å². The second-order valence-corrected chi connectivity index (χ2v) is 8.16. The lowest BCUT2D eigenvalue weighted by molar-refractivity contribution is 0.395. The first kappa shape index (κ1) is 20.7. The fraction of sp³-hybridized carbons (Fsp3) is 0.409. The van der Waals surface area contributed by atoms with Crippen LogP contribution in [0.3, 0.4) is 0 Å². The van der Waals surface area contributed by atoms with Crippen molar-refractivity contribution in [3.63, 3.8) is 0 Å². The second kappa shape index (κ2) is 9.01. The third-order valence-electron chi connectivity index (χ3n) is 5.51. The normalized spacial score (nSPS) is 17.8. The van der Waals surface area contributed by atoms with Gasteiger partial charge in [-0.1, -0.05) is 24.6 Å². The van der Waals surface area contributed by atoms with Gasteiger partial charge in [0.05, 0.1) is 19.9 Å². The number of nitrogens with one attached hydrogen (secondary N) is 1. The largest absolute Gasteiger partial charge is 0.497 e. The number of thiocarbonyl (C=S) groups is 1. The van der Waals surface area contributed by atoms with Gasteiger partial charge in [0.25, 0.3) is 0 Å². The molecule has 0 aromatic heterocycles. The van der Waals surface area contributed by atoms with Crippen LogP contribution in [0.4, 0.5) is 5.69 Å². The number of fused-ring (bicyclic) bond motifs is 1. The minimum atomic E-state index is 0.509. The van der Waals surface area contributed by atoms with Crippen LogP contribution >= 0.6 is 23.8 Å². The number of rotatable bonds is 6. The molecule has 1 aliphatic carbocycles. The molecule has 0 saturated heterocycles. The van der Waals surface area contributed by atoms with Crippen molar-refractivity contribution in [3.8, 4) is 11.5 Å². The number of ether oxygens (including phenoxy) is 2.